The summed E-state index contributed by atoms with van der Waals surface area (Å²) in [6, 6.07) is 9.19. The summed E-state index contributed by atoms with van der Waals surface area (Å²) >= 11 is 6.17. The van der Waals surface area contributed by atoms with Crippen molar-refractivity contribution in [3.63, 3.8) is 0 Å². The second-order valence-corrected chi connectivity index (χ2v) is 6.80. The smallest absolute Gasteiger partial charge is 0.269 e. The number of aromatic amines is 1. The number of halogens is 2. The monoisotopic (exact) mass is 368 g/mol. The fraction of sp³-hybridized carbons (Fsp3) is 0.412. The van der Waals surface area contributed by atoms with Gasteiger partial charge in [-0.25, -0.2) is 0 Å². The van der Waals surface area contributed by atoms with Gasteiger partial charge < -0.3 is 10.6 Å². The summed E-state index contributed by atoms with van der Waals surface area (Å²) in [5, 5.41) is 14.0. The quantitative estimate of drug-likeness (QED) is 0.775. The van der Waals surface area contributed by atoms with Crippen LogP contribution in [-0.2, 0) is 0 Å². The predicted octanol–water partition coefficient (Wildman–Crippen LogP) is 3.27. The number of hydrogen-bond donors (Lipinski definition) is 3. The summed E-state index contributed by atoms with van der Waals surface area (Å²) in [5.41, 5.74) is 2.10. The second kappa shape index (κ2) is 8.01. The summed E-state index contributed by atoms with van der Waals surface area (Å²) in [6.45, 7) is 4.91. The number of carbonyl (C=O) groups excluding carboxylic acids is 1. The third kappa shape index (κ3) is 4.29. The molecule has 7 heteroatoms. The van der Waals surface area contributed by atoms with E-state index in [-0.39, 0.29) is 23.7 Å². The molecule has 130 valence electrons. The van der Waals surface area contributed by atoms with Crippen LogP contribution in [0.25, 0.3) is 11.3 Å². The minimum Gasteiger partial charge on any atom is -0.350 e. The van der Waals surface area contributed by atoms with Gasteiger partial charge in [-0.15, -0.1) is 12.4 Å². The van der Waals surface area contributed by atoms with Crippen LogP contribution >= 0.6 is 24.0 Å². The van der Waals surface area contributed by atoms with Gasteiger partial charge in [0.25, 0.3) is 5.91 Å². The molecule has 0 spiro atoms. The van der Waals surface area contributed by atoms with Crippen LogP contribution in [0.15, 0.2) is 30.3 Å². The van der Waals surface area contributed by atoms with E-state index < -0.39 is 0 Å². The lowest BCUT2D eigenvalue weighted by molar-refractivity contribution is 0.0917. The van der Waals surface area contributed by atoms with Crippen LogP contribution in [0, 0.1) is 5.41 Å². The van der Waals surface area contributed by atoms with Crippen molar-refractivity contribution in [2.24, 2.45) is 5.41 Å². The maximum Gasteiger partial charge on any atom is 0.269 e. The van der Waals surface area contributed by atoms with E-state index in [0.717, 1.165) is 31.5 Å². The Bertz CT molecular complexity index is 695. The van der Waals surface area contributed by atoms with Gasteiger partial charge in [-0.1, -0.05) is 36.7 Å². The average Bonchev–Trinajstić information content (AvgIpc) is 3.04. The molecule has 3 N–H and O–H groups in total. The van der Waals surface area contributed by atoms with Gasteiger partial charge in [0.15, 0.2) is 0 Å². The number of nitrogens with one attached hydrogen (secondary N) is 3. The van der Waals surface area contributed by atoms with Gasteiger partial charge in [0.1, 0.15) is 5.69 Å². The average molecular weight is 369 g/mol. The molecule has 1 aromatic heterocycles. The molecular formula is C17H22Cl2N4O. The Morgan fingerprint density at radius 1 is 1.33 bits per heavy atom. The Kier molecular flexibility index (Phi) is 6.27. The van der Waals surface area contributed by atoms with Crippen molar-refractivity contribution in [3.05, 3.63) is 41.0 Å². The molecule has 1 aromatic carbocycles. The molecule has 1 aliphatic rings. The normalized spacial score (nSPS) is 16.2. The number of hydrogen-bond acceptors (Lipinski definition) is 3. The summed E-state index contributed by atoms with van der Waals surface area (Å²) < 4.78 is 0. The Hall–Kier alpha value is -1.56. The van der Waals surface area contributed by atoms with Crippen molar-refractivity contribution < 1.29 is 4.79 Å². The molecule has 3 rings (SSSR count). The van der Waals surface area contributed by atoms with E-state index in [9.17, 15) is 4.79 Å². The summed E-state index contributed by atoms with van der Waals surface area (Å²) in [7, 11) is 0. The number of nitrogens with zero attached hydrogens (tertiary/aromatic N) is 1. The fourth-order valence-corrected chi connectivity index (χ4v) is 3.07. The molecule has 1 saturated heterocycles. The topological polar surface area (TPSA) is 69.8 Å². The van der Waals surface area contributed by atoms with Crippen molar-refractivity contribution in [1.82, 2.24) is 20.8 Å². The first kappa shape index (κ1) is 18.8. The Morgan fingerprint density at radius 2 is 2.04 bits per heavy atom. The minimum atomic E-state index is -0.129. The van der Waals surface area contributed by atoms with E-state index in [2.05, 4.69) is 27.8 Å². The van der Waals surface area contributed by atoms with E-state index in [0.29, 0.717) is 23.0 Å². The highest BCUT2D eigenvalue weighted by Crippen LogP contribution is 2.28. The first-order valence-electron chi connectivity index (χ1n) is 7.87. The van der Waals surface area contributed by atoms with Crippen LogP contribution in [0.5, 0.6) is 0 Å². The van der Waals surface area contributed by atoms with Crippen molar-refractivity contribution in [2.75, 3.05) is 19.6 Å². The molecule has 0 atom stereocenters. The minimum absolute atomic E-state index is 0. The summed E-state index contributed by atoms with van der Waals surface area (Å²) in [4.78, 5) is 12.3. The molecular weight excluding hydrogens is 347 g/mol. The van der Waals surface area contributed by atoms with E-state index in [4.69, 9.17) is 11.6 Å². The van der Waals surface area contributed by atoms with Crippen LogP contribution in [0.3, 0.4) is 0 Å². The molecule has 24 heavy (non-hydrogen) atoms. The van der Waals surface area contributed by atoms with Crippen LogP contribution in [0.4, 0.5) is 0 Å². The van der Waals surface area contributed by atoms with Gasteiger partial charge in [0.05, 0.1) is 10.7 Å². The maximum atomic E-state index is 12.3. The van der Waals surface area contributed by atoms with Gasteiger partial charge in [-0.3, -0.25) is 9.89 Å². The lowest BCUT2D eigenvalue weighted by Crippen LogP contribution is -2.42. The van der Waals surface area contributed by atoms with E-state index in [1.165, 1.54) is 0 Å². The molecule has 2 aromatic rings. The van der Waals surface area contributed by atoms with Crippen molar-refractivity contribution >= 4 is 29.9 Å². The largest absolute Gasteiger partial charge is 0.350 e. The number of piperidine rings is 1. The predicted molar refractivity (Wildman–Crippen MR) is 98.8 cm³/mol. The Balaban J connectivity index is 0.00000208. The van der Waals surface area contributed by atoms with Crippen molar-refractivity contribution in [3.8, 4) is 11.3 Å². The number of amides is 1. The lowest BCUT2D eigenvalue weighted by atomic mass is 9.81. The zero-order valence-corrected chi connectivity index (χ0v) is 15.1. The van der Waals surface area contributed by atoms with Crippen LogP contribution in [-0.4, -0.2) is 35.7 Å². The highest BCUT2D eigenvalue weighted by molar-refractivity contribution is 6.33. The van der Waals surface area contributed by atoms with E-state index in [1.54, 1.807) is 6.07 Å². The maximum absolute atomic E-state index is 12.3. The van der Waals surface area contributed by atoms with Gasteiger partial charge in [-0.2, -0.15) is 5.10 Å². The fourth-order valence-electron chi connectivity index (χ4n) is 2.84. The first-order chi connectivity index (χ1) is 11.1. The second-order valence-electron chi connectivity index (χ2n) is 6.39. The zero-order chi connectivity index (χ0) is 16.3. The van der Waals surface area contributed by atoms with Crippen molar-refractivity contribution in [1.29, 1.82) is 0 Å². The van der Waals surface area contributed by atoms with Crippen LogP contribution < -0.4 is 10.6 Å². The third-order valence-electron chi connectivity index (χ3n) is 4.46. The number of rotatable bonds is 4. The third-order valence-corrected chi connectivity index (χ3v) is 4.79. The highest BCUT2D eigenvalue weighted by Gasteiger charge is 2.27. The molecule has 0 bridgehead atoms. The first-order valence-corrected chi connectivity index (χ1v) is 8.24. The molecule has 1 aliphatic heterocycles. The van der Waals surface area contributed by atoms with Crippen LogP contribution in [0.2, 0.25) is 5.02 Å². The van der Waals surface area contributed by atoms with Gasteiger partial charge in [0, 0.05) is 12.1 Å². The summed E-state index contributed by atoms with van der Waals surface area (Å²) in [6.07, 6.45) is 2.14. The molecule has 0 unspecified atom stereocenters. The molecule has 1 amide bonds. The van der Waals surface area contributed by atoms with Crippen molar-refractivity contribution in [2.45, 2.75) is 19.8 Å². The summed E-state index contributed by atoms with van der Waals surface area (Å²) in [5.74, 6) is -0.129. The van der Waals surface area contributed by atoms with E-state index >= 15 is 0 Å². The number of benzene rings is 1. The van der Waals surface area contributed by atoms with Gasteiger partial charge in [0.2, 0.25) is 0 Å². The SMILES string of the molecule is CC1(CNC(=O)c2cc(-c3ccccc3Cl)n[nH]2)CCNCC1.Cl. The van der Waals surface area contributed by atoms with Crippen LogP contribution in [0.1, 0.15) is 30.3 Å². The number of aromatic nitrogens is 2. The van der Waals surface area contributed by atoms with Gasteiger partial charge >= 0.3 is 0 Å². The van der Waals surface area contributed by atoms with Gasteiger partial charge in [-0.05, 0) is 43.5 Å². The molecule has 2 heterocycles. The highest BCUT2D eigenvalue weighted by atomic mass is 35.5. The standard InChI is InChI=1S/C17H21ClN4O.ClH/c1-17(6-8-19-9-7-17)11-20-16(23)15-10-14(21-22-15)12-4-2-3-5-13(12)18;/h2-5,10,19H,6-9,11H2,1H3,(H,20,23)(H,21,22);1H. The Morgan fingerprint density at radius 3 is 2.75 bits per heavy atom. The molecule has 0 saturated carbocycles. The number of H-pyrrole nitrogens is 1. The Labute approximate surface area is 153 Å². The zero-order valence-electron chi connectivity index (χ0n) is 13.6. The number of carbonyl (C=O) groups is 1. The molecule has 0 aliphatic carbocycles. The van der Waals surface area contributed by atoms with E-state index in [1.807, 2.05) is 24.3 Å². The molecule has 5 nitrogen and oxygen atoms in total. The lowest BCUT2D eigenvalue weighted by Gasteiger charge is -2.34. The molecule has 1 fully saturated rings. The molecule has 0 radical (unpaired) electrons.